The van der Waals surface area contributed by atoms with E-state index < -0.39 is 0 Å². The molecule has 0 aliphatic heterocycles. The third-order valence-electron chi connectivity index (χ3n) is 2.60. The van der Waals surface area contributed by atoms with Crippen LogP contribution >= 0.6 is 0 Å². The first-order valence-electron chi connectivity index (χ1n) is 5.49. The molecule has 2 aromatic carbocycles. The number of hydrogen-bond acceptors (Lipinski definition) is 5. The standard InChI is InChI=1S/C14H10N4O/c1-19-14-7-3-4-11-12(14)5-2-6-13(11)18-17-10(8-15)9-16/h2-7,18H,1H3. The first-order valence-corrected chi connectivity index (χ1v) is 5.49. The number of methoxy groups -OCH3 is 1. The molecule has 92 valence electrons. The van der Waals surface area contributed by atoms with Crippen molar-refractivity contribution >= 4 is 22.2 Å². The number of nitrogens with zero attached hydrogens (tertiary/aromatic N) is 3. The maximum absolute atomic E-state index is 8.64. The smallest absolute Gasteiger partial charge is 0.237 e. The van der Waals surface area contributed by atoms with Crippen molar-refractivity contribution < 1.29 is 4.74 Å². The molecule has 0 saturated heterocycles. The van der Waals surface area contributed by atoms with Crippen LogP contribution < -0.4 is 10.2 Å². The molecule has 0 fully saturated rings. The van der Waals surface area contributed by atoms with Crippen molar-refractivity contribution in [2.24, 2.45) is 5.10 Å². The summed E-state index contributed by atoms with van der Waals surface area (Å²) in [6.07, 6.45) is 0. The molecule has 0 radical (unpaired) electrons. The van der Waals surface area contributed by atoms with E-state index in [0.29, 0.717) is 5.69 Å². The van der Waals surface area contributed by atoms with Gasteiger partial charge in [0, 0.05) is 10.8 Å². The number of ether oxygens (including phenoxy) is 1. The molecule has 0 aromatic heterocycles. The van der Waals surface area contributed by atoms with E-state index in [1.165, 1.54) is 0 Å². The monoisotopic (exact) mass is 250 g/mol. The Morgan fingerprint density at radius 2 is 1.79 bits per heavy atom. The highest BCUT2D eigenvalue weighted by Gasteiger charge is 2.04. The van der Waals surface area contributed by atoms with Crippen LogP contribution in [0.5, 0.6) is 5.75 Å². The van der Waals surface area contributed by atoms with Gasteiger partial charge in [-0.2, -0.15) is 15.6 Å². The molecule has 19 heavy (non-hydrogen) atoms. The van der Waals surface area contributed by atoms with Gasteiger partial charge in [0.05, 0.1) is 12.8 Å². The molecule has 2 aromatic rings. The highest BCUT2D eigenvalue weighted by atomic mass is 16.5. The number of anilines is 1. The van der Waals surface area contributed by atoms with Gasteiger partial charge in [0.15, 0.2) is 0 Å². The lowest BCUT2D eigenvalue weighted by Gasteiger charge is -2.08. The van der Waals surface area contributed by atoms with Crippen molar-refractivity contribution in [2.45, 2.75) is 0 Å². The molecule has 0 unspecified atom stereocenters. The average molecular weight is 250 g/mol. The lowest BCUT2D eigenvalue weighted by atomic mass is 10.1. The van der Waals surface area contributed by atoms with Gasteiger partial charge in [-0.05, 0) is 12.1 Å². The molecule has 0 aliphatic carbocycles. The van der Waals surface area contributed by atoms with E-state index in [0.717, 1.165) is 16.5 Å². The van der Waals surface area contributed by atoms with Gasteiger partial charge in [-0.1, -0.05) is 24.3 Å². The summed E-state index contributed by atoms with van der Waals surface area (Å²) >= 11 is 0. The number of fused-ring (bicyclic) bond motifs is 1. The summed E-state index contributed by atoms with van der Waals surface area (Å²) in [5, 5.41) is 22.8. The van der Waals surface area contributed by atoms with E-state index in [1.807, 2.05) is 36.4 Å². The lowest BCUT2D eigenvalue weighted by Crippen LogP contribution is -1.97. The van der Waals surface area contributed by atoms with Crippen LogP contribution in [0, 0.1) is 22.7 Å². The summed E-state index contributed by atoms with van der Waals surface area (Å²) in [5.74, 6) is 0.755. The Kier molecular flexibility index (Phi) is 3.61. The fourth-order valence-electron chi connectivity index (χ4n) is 1.75. The van der Waals surface area contributed by atoms with Crippen molar-refractivity contribution in [3.8, 4) is 17.9 Å². The minimum Gasteiger partial charge on any atom is -0.496 e. The SMILES string of the molecule is COc1cccc2c(NN=C(C#N)C#N)cccc12. The number of hydrogen-bond donors (Lipinski definition) is 1. The van der Waals surface area contributed by atoms with E-state index in [2.05, 4.69) is 10.5 Å². The Morgan fingerprint density at radius 1 is 1.11 bits per heavy atom. The van der Waals surface area contributed by atoms with Gasteiger partial charge in [-0.25, -0.2) is 0 Å². The van der Waals surface area contributed by atoms with Crippen LogP contribution in [0.2, 0.25) is 0 Å². The van der Waals surface area contributed by atoms with Crippen molar-refractivity contribution in [1.29, 1.82) is 10.5 Å². The summed E-state index contributed by atoms with van der Waals surface area (Å²) in [6, 6.07) is 14.6. The molecule has 2 rings (SSSR count). The number of nitriles is 2. The van der Waals surface area contributed by atoms with E-state index in [9.17, 15) is 0 Å². The number of rotatable bonds is 3. The second-order valence-corrected chi connectivity index (χ2v) is 3.66. The number of benzene rings is 2. The van der Waals surface area contributed by atoms with Crippen molar-refractivity contribution in [3.63, 3.8) is 0 Å². The predicted molar refractivity (Wildman–Crippen MR) is 72.8 cm³/mol. The molecule has 0 spiro atoms. The Morgan fingerprint density at radius 3 is 2.47 bits per heavy atom. The van der Waals surface area contributed by atoms with E-state index >= 15 is 0 Å². The van der Waals surface area contributed by atoms with Crippen LogP contribution in [0.4, 0.5) is 5.69 Å². The van der Waals surface area contributed by atoms with Gasteiger partial charge < -0.3 is 4.74 Å². The third kappa shape index (κ3) is 2.46. The fourth-order valence-corrected chi connectivity index (χ4v) is 1.75. The predicted octanol–water partition coefficient (Wildman–Crippen LogP) is 2.66. The van der Waals surface area contributed by atoms with Crippen LogP contribution in [0.1, 0.15) is 0 Å². The average Bonchev–Trinajstić information content (AvgIpc) is 2.47. The second kappa shape index (κ2) is 5.52. The van der Waals surface area contributed by atoms with E-state index in [1.54, 1.807) is 19.2 Å². The van der Waals surface area contributed by atoms with Crippen LogP contribution in [0.25, 0.3) is 10.8 Å². The molecule has 0 bridgehead atoms. The Labute approximate surface area is 110 Å². The molecule has 0 aliphatic rings. The molecule has 0 atom stereocenters. The largest absolute Gasteiger partial charge is 0.496 e. The molecular weight excluding hydrogens is 240 g/mol. The number of hydrazone groups is 1. The van der Waals surface area contributed by atoms with Gasteiger partial charge in [-0.3, -0.25) is 5.43 Å². The summed E-state index contributed by atoms with van der Waals surface area (Å²) in [5.41, 5.74) is 3.21. The molecule has 1 N–H and O–H groups in total. The normalized spacial score (nSPS) is 9.21. The van der Waals surface area contributed by atoms with E-state index in [4.69, 9.17) is 15.3 Å². The van der Waals surface area contributed by atoms with Crippen LogP contribution in [-0.4, -0.2) is 12.8 Å². The summed E-state index contributed by atoms with van der Waals surface area (Å²) < 4.78 is 5.28. The lowest BCUT2D eigenvalue weighted by molar-refractivity contribution is 0.420. The van der Waals surface area contributed by atoms with Crippen molar-refractivity contribution in [1.82, 2.24) is 0 Å². The van der Waals surface area contributed by atoms with Gasteiger partial charge in [0.1, 0.15) is 17.9 Å². The number of nitrogens with one attached hydrogen (secondary N) is 1. The zero-order valence-electron chi connectivity index (χ0n) is 10.2. The molecule has 0 amide bonds. The molecule has 0 heterocycles. The Hall–Kier alpha value is -3.05. The highest BCUT2D eigenvalue weighted by Crippen LogP contribution is 2.30. The third-order valence-corrected chi connectivity index (χ3v) is 2.60. The van der Waals surface area contributed by atoms with Crippen molar-refractivity contribution in [2.75, 3.05) is 12.5 Å². The molecule has 5 nitrogen and oxygen atoms in total. The topological polar surface area (TPSA) is 81.2 Å². The zero-order chi connectivity index (χ0) is 13.7. The maximum atomic E-state index is 8.64. The summed E-state index contributed by atoms with van der Waals surface area (Å²) in [6.45, 7) is 0. The van der Waals surface area contributed by atoms with Gasteiger partial charge in [0.2, 0.25) is 5.71 Å². The Bertz CT molecular complexity index is 706. The quantitative estimate of drug-likeness (QED) is 0.670. The fraction of sp³-hybridized carbons (Fsp3) is 0.0714. The summed E-state index contributed by atoms with van der Waals surface area (Å²) in [7, 11) is 1.61. The van der Waals surface area contributed by atoms with Crippen LogP contribution in [0.3, 0.4) is 0 Å². The highest BCUT2D eigenvalue weighted by molar-refractivity contribution is 6.10. The maximum Gasteiger partial charge on any atom is 0.237 e. The second-order valence-electron chi connectivity index (χ2n) is 3.66. The first kappa shape index (κ1) is 12.4. The molecular formula is C14H10N4O. The summed E-state index contributed by atoms with van der Waals surface area (Å²) in [4.78, 5) is 0. The minimum atomic E-state index is -0.222. The van der Waals surface area contributed by atoms with Gasteiger partial charge in [0.25, 0.3) is 0 Å². The first-order chi connectivity index (χ1) is 9.30. The van der Waals surface area contributed by atoms with Crippen molar-refractivity contribution in [3.05, 3.63) is 36.4 Å². The van der Waals surface area contributed by atoms with Crippen LogP contribution in [-0.2, 0) is 0 Å². The zero-order valence-corrected chi connectivity index (χ0v) is 10.2. The minimum absolute atomic E-state index is 0.222. The van der Waals surface area contributed by atoms with Crippen LogP contribution in [0.15, 0.2) is 41.5 Å². The molecule has 0 saturated carbocycles. The van der Waals surface area contributed by atoms with E-state index in [-0.39, 0.29) is 5.71 Å². The van der Waals surface area contributed by atoms with Gasteiger partial charge in [-0.15, -0.1) is 0 Å². The molecule has 5 heteroatoms. The van der Waals surface area contributed by atoms with Gasteiger partial charge >= 0.3 is 0 Å². The Balaban J connectivity index is 2.49.